The number of nitrogens with zero attached hydrogens (tertiary/aromatic N) is 2. The maximum atomic E-state index is 6.11. The summed E-state index contributed by atoms with van der Waals surface area (Å²) >= 11 is 6.06. The van der Waals surface area contributed by atoms with E-state index in [1.807, 2.05) is 18.2 Å². The van der Waals surface area contributed by atoms with E-state index in [1.54, 1.807) is 0 Å². The Labute approximate surface area is 118 Å². The van der Waals surface area contributed by atoms with Crippen LogP contribution >= 0.6 is 11.6 Å². The highest BCUT2D eigenvalue weighted by atomic mass is 35.5. The van der Waals surface area contributed by atoms with Gasteiger partial charge in [-0.1, -0.05) is 30.9 Å². The van der Waals surface area contributed by atoms with Crippen molar-refractivity contribution < 1.29 is 0 Å². The lowest BCUT2D eigenvalue weighted by Crippen LogP contribution is -2.39. The molecule has 19 heavy (non-hydrogen) atoms. The fourth-order valence-electron chi connectivity index (χ4n) is 3.39. The summed E-state index contributed by atoms with van der Waals surface area (Å²) in [6.07, 6.45) is 6.11. The minimum atomic E-state index is 0.0541. The summed E-state index contributed by atoms with van der Waals surface area (Å²) in [5.74, 6) is 1.13. The first-order chi connectivity index (χ1) is 9.16. The zero-order valence-electron chi connectivity index (χ0n) is 11.3. The van der Waals surface area contributed by atoms with Crippen molar-refractivity contribution in [3.63, 3.8) is 0 Å². The zero-order chi connectivity index (χ0) is 13.5. The van der Waals surface area contributed by atoms with E-state index in [0.717, 1.165) is 34.7 Å². The van der Waals surface area contributed by atoms with Crippen molar-refractivity contribution in [3.05, 3.63) is 29.0 Å². The highest BCUT2D eigenvalue weighted by Crippen LogP contribution is 2.39. The fraction of sp³-hybridized carbons (Fsp3) is 0.533. The van der Waals surface area contributed by atoms with Crippen molar-refractivity contribution in [2.24, 2.45) is 12.8 Å². The third-order valence-electron chi connectivity index (χ3n) is 4.52. The summed E-state index contributed by atoms with van der Waals surface area (Å²) in [4.78, 5) is 4.84. The fourth-order valence-corrected chi connectivity index (χ4v) is 3.56. The Hall–Kier alpha value is -1.06. The van der Waals surface area contributed by atoms with E-state index in [4.69, 9.17) is 22.3 Å². The van der Waals surface area contributed by atoms with Gasteiger partial charge in [-0.2, -0.15) is 0 Å². The number of hydrogen-bond donors (Lipinski definition) is 1. The number of halogens is 1. The van der Waals surface area contributed by atoms with Crippen LogP contribution in [0.1, 0.15) is 37.9 Å². The Balaban J connectivity index is 2.15. The molecule has 0 saturated heterocycles. The molecule has 0 amide bonds. The molecule has 3 rings (SSSR count). The molecule has 1 fully saturated rings. The van der Waals surface area contributed by atoms with Gasteiger partial charge in [0.1, 0.15) is 5.82 Å². The maximum Gasteiger partial charge on any atom is 0.117 e. The van der Waals surface area contributed by atoms with E-state index in [0.29, 0.717) is 6.54 Å². The van der Waals surface area contributed by atoms with Crippen LogP contribution in [0.2, 0.25) is 5.02 Å². The summed E-state index contributed by atoms with van der Waals surface area (Å²) < 4.78 is 2.20. The Morgan fingerprint density at radius 1 is 1.32 bits per heavy atom. The molecule has 102 valence electrons. The number of rotatable bonds is 2. The van der Waals surface area contributed by atoms with Gasteiger partial charge in [0.15, 0.2) is 0 Å². The molecule has 0 spiro atoms. The minimum Gasteiger partial charge on any atom is -0.331 e. The zero-order valence-corrected chi connectivity index (χ0v) is 12.1. The van der Waals surface area contributed by atoms with Gasteiger partial charge in [-0.3, -0.25) is 0 Å². The van der Waals surface area contributed by atoms with Crippen LogP contribution in [0.5, 0.6) is 0 Å². The third kappa shape index (κ3) is 2.05. The number of nitrogens with two attached hydrogens (primary N) is 1. The molecule has 2 aromatic rings. The first-order valence-corrected chi connectivity index (χ1v) is 7.37. The Bertz CT molecular complexity index is 597. The molecule has 1 saturated carbocycles. The molecule has 1 aliphatic carbocycles. The predicted octanol–water partition coefficient (Wildman–Crippen LogP) is 3.39. The Morgan fingerprint density at radius 3 is 2.74 bits per heavy atom. The molecule has 1 heterocycles. The number of aryl methyl sites for hydroxylation is 1. The minimum absolute atomic E-state index is 0.0541. The van der Waals surface area contributed by atoms with E-state index >= 15 is 0 Å². The van der Waals surface area contributed by atoms with Gasteiger partial charge in [-0.15, -0.1) is 0 Å². The van der Waals surface area contributed by atoms with Gasteiger partial charge in [-0.25, -0.2) is 4.98 Å². The lowest BCUT2D eigenvalue weighted by Gasteiger charge is -2.35. The van der Waals surface area contributed by atoms with Crippen molar-refractivity contribution in [2.45, 2.75) is 37.5 Å². The second kappa shape index (κ2) is 4.80. The van der Waals surface area contributed by atoms with Gasteiger partial charge >= 0.3 is 0 Å². The van der Waals surface area contributed by atoms with E-state index in [9.17, 15) is 0 Å². The van der Waals surface area contributed by atoms with Crippen molar-refractivity contribution in [1.29, 1.82) is 0 Å². The van der Waals surface area contributed by atoms with Crippen LogP contribution in [0.15, 0.2) is 18.2 Å². The molecule has 1 aromatic heterocycles. The van der Waals surface area contributed by atoms with Crippen molar-refractivity contribution in [1.82, 2.24) is 9.55 Å². The largest absolute Gasteiger partial charge is 0.331 e. The molecule has 1 aliphatic rings. The first kappa shape index (κ1) is 12.9. The van der Waals surface area contributed by atoms with E-state index < -0.39 is 0 Å². The maximum absolute atomic E-state index is 6.11. The van der Waals surface area contributed by atoms with Crippen molar-refractivity contribution in [3.8, 4) is 0 Å². The second-order valence-electron chi connectivity index (χ2n) is 5.67. The smallest absolute Gasteiger partial charge is 0.117 e. The van der Waals surface area contributed by atoms with Gasteiger partial charge in [0.25, 0.3) is 0 Å². The molecule has 0 unspecified atom stereocenters. The van der Waals surface area contributed by atoms with Gasteiger partial charge in [0.05, 0.1) is 11.0 Å². The average molecular weight is 278 g/mol. The van der Waals surface area contributed by atoms with Gasteiger partial charge in [0, 0.05) is 24.0 Å². The molecule has 0 atom stereocenters. The highest BCUT2D eigenvalue weighted by molar-refractivity contribution is 6.31. The number of benzene rings is 1. The Kier molecular flexibility index (Phi) is 3.27. The summed E-state index contributed by atoms with van der Waals surface area (Å²) in [6.45, 7) is 0.678. The monoisotopic (exact) mass is 277 g/mol. The molecule has 0 radical (unpaired) electrons. The van der Waals surface area contributed by atoms with E-state index in [-0.39, 0.29) is 5.41 Å². The van der Waals surface area contributed by atoms with Gasteiger partial charge in [0.2, 0.25) is 0 Å². The van der Waals surface area contributed by atoms with Crippen LogP contribution in [0.3, 0.4) is 0 Å². The lowest BCUT2D eigenvalue weighted by molar-refractivity contribution is 0.281. The molecular formula is C15H20ClN3. The molecular weight excluding hydrogens is 258 g/mol. The van der Waals surface area contributed by atoms with E-state index in [1.165, 1.54) is 19.3 Å². The molecule has 2 N–H and O–H groups in total. The quantitative estimate of drug-likeness (QED) is 0.914. The van der Waals surface area contributed by atoms with Crippen LogP contribution in [-0.2, 0) is 12.5 Å². The van der Waals surface area contributed by atoms with Crippen LogP contribution in [-0.4, -0.2) is 16.1 Å². The normalized spacial score (nSPS) is 18.9. The van der Waals surface area contributed by atoms with Crippen LogP contribution < -0.4 is 5.73 Å². The summed E-state index contributed by atoms with van der Waals surface area (Å²) in [7, 11) is 2.09. The van der Waals surface area contributed by atoms with Crippen LogP contribution in [0, 0.1) is 0 Å². The summed E-state index contributed by atoms with van der Waals surface area (Å²) in [5.41, 5.74) is 8.28. The SMILES string of the molecule is Cn1c(C2(CN)CCCCC2)nc2cc(Cl)ccc21. The van der Waals surface area contributed by atoms with Crippen LogP contribution in [0.4, 0.5) is 0 Å². The number of aromatic nitrogens is 2. The third-order valence-corrected chi connectivity index (χ3v) is 4.75. The standard InChI is InChI=1S/C15H20ClN3/c1-19-13-6-5-11(16)9-12(13)18-14(19)15(10-17)7-3-2-4-8-15/h5-6,9H,2-4,7-8,10,17H2,1H3. The van der Waals surface area contributed by atoms with Gasteiger partial charge in [-0.05, 0) is 31.0 Å². The topological polar surface area (TPSA) is 43.8 Å². The van der Waals surface area contributed by atoms with Crippen molar-refractivity contribution in [2.75, 3.05) is 6.54 Å². The lowest BCUT2D eigenvalue weighted by atomic mass is 9.73. The summed E-state index contributed by atoms with van der Waals surface area (Å²) in [5, 5.41) is 0.739. The molecule has 3 nitrogen and oxygen atoms in total. The summed E-state index contributed by atoms with van der Waals surface area (Å²) in [6, 6.07) is 5.90. The number of imidazole rings is 1. The van der Waals surface area contributed by atoms with Crippen molar-refractivity contribution >= 4 is 22.6 Å². The number of hydrogen-bond acceptors (Lipinski definition) is 2. The first-order valence-electron chi connectivity index (χ1n) is 6.99. The predicted molar refractivity (Wildman–Crippen MR) is 79.5 cm³/mol. The molecule has 1 aromatic carbocycles. The molecule has 4 heteroatoms. The second-order valence-corrected chi connectivity index (χ2v) is 6.11. The average Bonchev–Trinajstić information content (AvgIpc) is 2.77. The number of fused-ring (bicyclic) bond motifs is 1. The van der Waals surface area contributed by atoms with E-state index in [2.05, 4.69) is 11.6 Å². The molecule has 0 bridgehead atoms. The molecule has 0 aliphatic heterocycles. The van der Waals surface area contributed by atoms with Gasteiger partial charge < -0.3 is 10.3 Å². The highest BCUT2D eigenvalue weighted by Gasteiger charge is 2.36. The van der Waals surface area contributed by atoms with Crippen LogP contribution in [0.25, 0.3) is 11.0 Å². The Morgan fingerprint density at radius 2 is 2.05 bits per heavy atom.